The lowest BCUT2D eigenvalue weighted by Gasteiger charge is -2.11. The molecule has 0 fully saturated rings. The van der Waals surface area contributed by atoms with Crippen LogP contribution in [0.2, 0.25) is 0 Å². The molecule has 0 heterocycles. The summed E-state index contributed by atoms with van der Waals surface area (Å²) in [6.45, 7) is 1.83. The lowest BCUT2D eigenvalue weighted by Crippen LogP contribution is -2.11. The number of benzene rings is 2. The van der Waals surface area contributed by atoms with Gasteiger partial charge in [0.1, 0.15) is 22.3 Å². The van der Waals surface area contributed by atoms with Crippen molar-refractivity contribution in [1.29, 1.82) is 0 Å². The SMILES string of the molecule is Cc1cc(Nc2c(F)cccc2F)ccc1C(N)=S. The van der Waals surface area contributed by atoms with Gasteiger partial charge in [-0.25, -0.2) is 8.78 Å². The number of nitrogens with one attached hydrogen (secondary N) is 1. The first-order valence-corrected chi connectivity index (χ1v) is 6.01. The molecule has 5 heteroatoms. The van der Waals surface area contributed by atoms with Gasteiger partial charge < -0.3 is 11.1 Å². The third kappa shape index (κ3) is 2.88. The molecule has 0 aliphatic carbocycles. The monoisotopic (exact) mass is 278 g/mol. The van der Waals surface area contributed by atoms with E-state index >= 15 is 0 Å². The number of nitrogens with two attached hydrogens (primary N) is 1. The van der Waals surface area contributed by atoms with Crippen molar-refractivity contribution in [3.05, 3.63) is 59.2 Å². The normalized spacial score (nSPS) is 10.3. The van der Waals surface area contributed by atoms with Crippen molar-refractivity contribution >= 4 is 28.6 Å². The molecule has 98 valence electrons. The molecule has 2 rings (SSSR count). The number of hydrogen-bond acceptors (Lipinski definition) is 2. The van der Waals surface area contributed by atoms with Crippen molar-refractivity contribution in [2.75, 3.05) is 5.32 Å². The summed E-state index contributed by atoms with van der Waals surface area (Å²) in [6, 6.07) is 8.84. The zero-order valence-electron chi connectivity index (χ0n) is 10.2. The van der Waals surface area contributed by atoms with E-state index in [1.807, 2.05) is 6.92 Å². The number of hydrogen-bond donors (Lipinski definition) is 2. The predicted octanol–water partition coefficient (Wildman–Crippen LogP) is 3.65. The first-order valence-electron chi connectivity index (χ1n) is 5.60. The van der Waals surface area contributed by atoms with Gasteiger partial charge >= 0.3 is 0 Å². The summed E-state index contributed by atoms with van der Waals surface area (Å²) in [5.74, 6) is -1.29. The average Bonchev–Trinajstić information content (AvgIpc) is 2.33. The van der Waals surface area contributed by atoms with Crippen LogP contribution in [0.1, 0.15) is 11.1 Å². The minimum atomic E-state index is -0.643. The van der Waals surface area contributed by atoms with Gasteiger partial charge in [-0.15, -0.1) is 0 Å². The van der Waals surface area contributed by atoms with E-state index in [1.165, 1.54) is 18.2 Å². The van der Waals surface area contributed by atoms with Gasteiger partial charge in [0.15, 0.2) is 0 Å². The van der Waals surface area contributed by atoms with E-state index in [0.29, 0.717) is 10.7 Å². The smallest absolute Gasteiger partial charge is 0.149 e. The second-order valence-corrected chi connectivity index (χ2v) is 4.56. The summed E-state index contributed by atoms with van der Waals surface area (Å²) in [5.41, 5.74) is 7.54. The topological polar surface area (TPSA) is 38.0 Å². The molecule has 0 saturated heterocycles. The summed E-state index contributed by atoms with van der Waals surface area (Å²) in [5, 5.41) is 2.71. The van der Waals surface area contributed by atoms with Crippen LogP contribution in [-0.2, 0) is 0 Å². The highest BCUT2D eigenvalue weighted by atomic mass is 32.1. The van der Waals surface area contributed by atoms with Crippen molar-refractivity contribution < 1.29 is 8.78 Å². The highest BCUT2D eigenvalue weighted by molar-refractivity contribution is 7.80. The number of aryl methyl sites for hydroxylation is 1. The maximum absolute atomic E-state index is 13.5. The summed E-state index contributed by atoms with van der Waals surface area (Å²) in [4.78, 5) is 0.293. The Bertz CT molecular complexity index is 621. The molecule has 0 unspecified atom stereocenters. The van der Waals surface area contributed by atoms with E-state index in [9.17, 15) is 8.78 Å². The van der Waals surface area contributed by atoms with Crippen LogP contribution in [0.4, 0.5) is 20.2 Å². The molecule has 0 spiro atoms. The summed E-state index contributed by atoms with van der Waals surface area (Å²) >= 11 is 4.90. The molecule has 0 saturated carbocycles. The van der Waals surface area contributed by atoms with Crippen LogP contribution in [0, 0.1) is 18.6 Å². The molecule has 2 nitrogen and oxygen atoms in total. The highest BCUT2D eigenvalue weighted by Crippen LogP contribution is 2.24. The van der Waals surface area contributed by atoms with Crippen molar-refractivity contribution in [3.8, 4) is 0 Å². The second kappa shape index (κ2) is 5.32. The fraction of sp³-hybridized carbons (Fsp3) is 0.0714. The molecular formula is C14H12F2N2S. The van der Waals surface area contributed by atoms with Gasteiger partial charge in [-0.2, -0.15) is 0 Å². The Morgan fingerprint density at radius 2 is 1.79 bits per heavy atom. The first kappa shape index (κ1) is 13.4. The first-order chi connectivity index (χ1) is 8.99. The van der Waals surface area contributed by atoms with Gasteiger partial charge in [0.2, 0.25) is 0 Å². The Morgan fingerprint density at radius 1 is 1.16 bits per heavy atom. The lowest BCUT2D eigenvalue weighted by molar-refractivity contribution is 0.591. The number of halogens is 2. The molecule has 0 amide bonds. The molecule has 0 aromatic heterocycles. The van der Waals surface area contributed by atoms with Gasteiger partial charge in [-0.05, 0) is 42.8 Å². The standard InChI is InChI=1S/C14H12F2N2S/c1-8-7-9(5-6-10(8)14(17)19)18-13-11(15)3-2-4-12(13)16/h2-7,18H,1H3,(H2,17,19). The summed E-state index contributed by atoms with van der Waals surface area (Å²) < 4.78 is 27.0. The highest BCUT2D eigenvalue weighted by Gasteiger charge is 2.09. The quantitative estimate of drug-likeness (QED) is 0.842. The van der Waals surface area contributed by atoms with Crippen LogP contribution in [0.3, 0.4) is 0 Å². The molecule has 0 bridgehead atoms. The van der Waals surface area contributed by atoms with Crippen molar-refractivity contribution in [2.45, 2.75) is 6.92 Å². The van der Waals surface area contributed by atoms with E-state index in [1.54, 1.807) is 18.2 Å². The van der Waals surface area contributed by atoms with Crippen LogP contribution < -0.4 is 11.1 Å². The average molecular weight is 278 g/mol. The van der Waals surface area contributed by atoms with E-state index in [0.717, 1.165) is 11.1 Å². The fourth-order valence-corrected chi connectivity index (χ4v) is 2.01. The van der Waals surface area contributed by atoms with Gasteiger partial charge in [0.05, 0.1) is 0 Å². The van der Waals surface area contributed by atoms with E-state index in [4.69, 9.17) is 18.0 Å². The number of rotatable bonds is 3. The summed E-state index contributed by atoms with van der Waals surface area (Å²) in [7, 11) is 0. The molecule has 2 aromatic rings. The fourth-order valence-electron chi connectivity index (χ4n) is 1.78. The van der Waals surface area contributed by atoms with Crippen molar-refractivity contribution in [2.24, 2.45) is 5.73 Å². The third-order valence-corrected chi connectivity index (χ3v) is 2.94. The molecule has 3 N–H and O–H groups in total. The van der Waals surface area contributed by atoms with E-state index in [2.05, 4.69) is 5.32 Å². The second-order valence-electron chi connectivity index (χ2n) is 4.12. The molecule has 19 heavy (non-hydrogen) atoms. The number of anilines is 2. The van der Waals surface area contributed by atoms with Crippen LogP contribution in [-0.4, -0.2) is 4.99 Å². The zero-order chi connectivity index (χ0) is 14.0. The maximum atomic E-state index is 13.5. The molecule has 0 atom stereocenters. The van der Waals surface area contributed by atoms with Crippen LogP contribution in [0.25, 0.3) is 0 Å². The molecule has 2 aromatic carbocycles. The number of thiocarbonyl (C=S) groups is 1. The minimum absolute atomic E-state index is 0.176. The minimum Gasteiger partial charge on any atom is -0.389 e. The van der Waals surface area contributed by atoms with Gasteiger partial charge in [0.25, 0.3) is 0 Å². The molecule has 0 aliphatic rings. The molecule has 0 aliphatic heterocycles. The Labute approximate surface area is 115 Å². The van der Waals surface area contributed by atoms with Gasteiger partial charge in [-0.3, -0.25) is 0 Å². The van der Waals surface area contributed by atoms with E-state index < -0.39 is 11.6 Å². The van der Waals surface area contributed by atoms with Crippen LogP contribution in [0.15, 0.2) is 36.4 Å². The largest absolute Gasteiger partial charge is 0.389 e. The molecule has 0 radical (unpaired) electrons. The Balaban J connectivity index is 2.34. The third-order valence-electron chi connectivity index (χ3n) is 2.72. The Kier molecular flexibility index (Phi) is 3.76. The number of para-hydroxylation sites is 1. The van der Waals surface area contributed by atoms with Crippen LogP contribution >= 0.6 is 12.2 Å². The van der Waals surface area contributed by atoms with Crippen molar-refractivity contribution in [3.63, 3.8) is 0 Å². The Morgan fingerprint density at radius 3 is 2.32 bits per heavy atom. The summed E-state index contributed by atoms with van der Waals surface area (Å²) in [6.07, 6.45) is 0. The lowest BCUT2D eigenvalue weighted by atomic mass is 10.1. The Hall–Kier alpha value is -2.01. The van der Waals surface area contributed by atoms with E-state index in [-0.39, 0.29) is 5.69 Å². The molecular weight excluding hydrogens is 266 g/mol. The maximum Gasteiger partial charge on any atom is 0.149 e. The zero-order valence-corrected chi connectivity index (χ0v) is 11.0. The predicted molar refractivity (Wildman–Crippen MR) is 76.7 cm³/mol. The van der Waals surface area contributed by atoms with Crippen molar-refractivity contribution in [1.82, 2.24) is 0 Å². The van der Waals surface area contributed by atoms with Gasteiger partial charge in [-0.1, -0.05) is 18.3 Å². The van der Waals surface area contributed by atoms with Gasteiger partial charge in [0, 0.05) is 11.3 Å². The van der Waals surface area contributed by atoms with Crippen LogP contribution in [0.5, 0.6) is 0 Å².